The van der Waals surface area contributed by atoms with Crippen LogP contribution in [-0.4, -0.2) is 16.7 Å². The number of imide groups is 1. The van der Waals surface area contributed by atoms with E-state index in [9.17, 15) is 9.59 Å². The lowest BCUT2D eigenvalue weighted by Crippen LogP contribution is -2.22. The number of nitrogens with zero attached hydrogens (tertiary/aromatic N) is 1. The van der Waals surface area contributed by atoms with Crippen LogP contribution in [0.15, 0.2) is 34.9 Å². The zero-order valence-corrected chi connectivity index (χ0v) is 10.1. The molecule has 0 aliphatic carbocycles. The minimum absolute atomic E-state index is 0.127. The predicted octanol–water partition coefficient (Wildman–Crippen LogP) is 2.57. The highest BCUT2D eigenvalue weighted by molar-refractivity contribution is 9.10. The smallest absolute Gasteiger partial charge is 0.233 e. The Morgan fingerprint density at radius 3 is 2.19 bits per heavy atom. The Morgan fingerprint density at radius 2 is 1.62 bits per heavy atom. The molecular weight excluding hydrogens is 270 g/mol. The maximum atomic E-state index is 11.3. The van der Waals surface area contributed by atoms with Gasteiger partial charge < -0.3 is 0 Å². The fourth-order valence-electron chi connectivity index (χ4n) is 1.49. The van der Waals surface area contributed by atoms with Gasteiger partial charge >= 0.3 is 0 Å². The fraction of sp³-hybridized carbons (Fsp3) is 0.167. The molecule has 1 aliphatic heterocycles. The zero-order valence-electron chi connectivity index (χ0n) is 8.52. The van der Waals surface area contributed by atoms with Crippen LogP contribution in [0.4, 0.5) is 0 Å². The van der Waals surface area contributed by atoms with Gasteiger partial charge in [0.15, 0.2) is 0 Å². The van der Waals surface area contributed by atoms with Crippen molar-refractivity contribution in [3.63, 3.8) is 0 Å². The van der Waals surface area contributed by atoms with Crippen LogP contribution < -0.4 is 0 Å². The minimum atomic E-state index is -0.127. The molecule has 1 fully saturated rings. The number of hydrogen-bond acceptors (Lipinski definition) is 2. The summed E-state index contributed by atoms with van der Waals surface area (Å²) in [5, 5.41) is 0. The summed E-state index contributed by atoms with van der Waals surface area (Å²) in [5.74, 6) is -0.253. The van der Waals surface area contributed by atoms with E-state index in [1.54, 1.807) is 12.3 Å². The molecule has 2 rings (SSSR count). The van der Waals surface area contributed by atoms with Crippen LogP contribution >= 0.6 is 15.9 Å². The highest BCUT2D eigenvalue weighted by atomic mass is 79.9. The fourth-order valence-corrected chi connectivity index (χ4v) is 1.76. The van der Waals surface area contributed by atoms with Crippen LogP contribution in [0.25, 0.3) is 6.08 Å². The van der Waals surface area contributed by atoms with Gasteiger partial charge in [-0.05, 0) is 23.8 Å². The highest BCUT2D eigenvalue weighted by Gasteiger charge is 2.26. The molecule has 0 unspecified atom stereocenters. The third kappa shape index (κ3) is 2.39. The third-order valence-electron chi connectivity index (χ3n) is 2.38. The van der Waals surface area contributed by atoms with Gasteiger partial charge in [-0.2, -0.15) is 0 Å². The van der Waals surface area contributed by atoms with Crippen molar-refractivity contribution in [3.05, 3.63) is 40.5 Å². The summed E-state index contributed by atoms with van der Waals surface area (Å²) in [7, 11) is 0. The highest BCUT2D eigenvalue weighted by Crippen LogP contribution is 2.15. The lowest BCUT2D eigenvalue weighted by atomic mass is 10.2. The van der Waals surface area contributed by atoms with Crippen molar-refractivity contribution in [1.29, 1.82) is 0 Å². The van der Waals surface area contributed by atoms with Crippen LogP contribution in [-0.2, 0) is 9.59 Å². The summed E-state index contributed by atoms with van der Waals surface area (Å²) in [5.41, 5.74) is 0.954. The molecule has 0 radical (unpaired) electrons. The number of halogens is 1. The van der Waals surface area contributed by atoms with E-state index in [4.69, 9.17) is 0 Å². The average molecular weight is 280 g/mol. The normalized spacial score (nSPS) is 16.4. The van der Waals surface area contributed by atoms with Crippen molar-refractivity contribution in [2.24, 2.45) is 0 Å². The van der Waals surface area contributed by atoms with Crippen molar-refractivity contribution in [1.82, 2.24) is 4.90 Å². The number of hydrogen-bond donors (Lipinski definition) is 0. The molecule has 0 atom stereocenters. The molecular formula is C12H10BrNO2. The van der Waals surface area contributed by atoms with Crippen LogP contribution in [0.5, 0.6) is 0 Å². The molecule has 0 aromatic heterocycles. The lowest BCUT2D eigenvalue weighted by molar-refractivity contribution is -0.135. The molecule has 16 heavy (non-hydrogen) atoms. The largest absolute Gasteiger partial charge is 0.274 e. The van der Waals surface area contributed by atoms with Crippen molar-refractivity contribution >= 4 is 33.8 Å². The monoisotopic (exact) mass is 279 g/mol. The Hall–Kier alpha value is -1.42. The van der Waals surface area contributed by atoms with Gasteiger partial charge in [0.25, 0.3) is 0 Å². The molecule has 0 bridgehead atoms. The molecule has 4 heteroatoms. The van der Waals surface area contributed by atoms with Crippen LogP contribution in [0.1, 0.15) is 18.4 Å². The van der Waals surface area contributed by atoms with Gasteiger partial charge in [-0.15, -0.1) is 0 Å². The Kier molecular flexibility index (Phi) is 3.19. The van der Waals surface area contributed by atoms with E-state index in [-0.39, 0.29) is 11.8 Å². The summed E-state index contributed by atoms with van der Waals surface area (Å²) in [4.78, 5) is 23.8. The number of amides is 2. The summed E-state index contributed by atoms with van der Waals surface area (Å²) < 4.78 is 0.998. The lowest BCUT2D eigenvalue weighted by Gasteiger charge is -2.06. The maximum Gasteiger partial charge on any atom is 0.233 e. The quantitative estimate of drug-likeness (QED) is 0.781. The Morgan fingerprint density at radius 1 is 1.06 bits per heavy atom. The van der Waals surface area contributed by atoms with Gasteiger partial charge in [-0.3, -0.25) is 14.5 Å². The van der Waals surface area contributed by atoms with Gasteiger partial charge in [-0.1, -0.05) is 28.1 Å². The predicted molar refractivity (Wildman–Crippen MR) is 64.3 cm³/mol. The van der Waals surface area contributed by atoms with Crippen molar-refractivity contribution in [2.45, 2.75) is 12.8 Å². The molecule has 2 amide bonds. The van der Waals surface area contributed by atoms with Gasteiger partial charge in [0.05, 0.1) is 0 Å². The Bertz CT molecular complexity index is 435. The summed E-state index contributed by atoms with van der Waals surface area (Å²) >= 11 is 3.34. The summed E-state index contributed by atoms with van der Waals surface area (Å²) in [6.45, 7) is 0. The number of rotatable bonds is 2. The maximum absolute atomic E-state index is 11.3. The molecule has 1 saturated heterocycles. The first kappa shape index (κ1) is 11.1. The molecule has 3 nitrogen and oxygen atoms in total. The number of likely N-dealkylation sites (tertiary alicyclic amines) is 1. The molecule has 0 N–H and O–H groups in total. The van der Waals surface area contributed by atoms with E-state index >= 15 is 0 Å². The number of benzene rings is 1. The standard InChI is InChI=1S/C12H10BrNO2/c13-10-3-1-9(2-4-10)7-8-14-11(15)5-6-12(14)16/h1-4,7-8H,5-6H2/b8-7+. The van der Waals surface area contributed by atoms with Crippen LogP contribution in [0, 0.1) is 0 Å². The van der Waals surface area contributed by atoms with E-state index in [1.807, 2.05) is 24.3 Å². The van der Waals surface area contributed by atoms with E-state index in [0.29, 0.717) is 12.8 Å². The van der Waals surface area contributed by atoms with Gasteiger partial charge in [-0.25, -0.2) is 0 Å². The Labute approximate surface area is 102 Å². The molecule has 0 spiro atoms. The molecule has 0 saturated carbocycles. The van der Waals surface area contributed by atoms with E-state index in [1.165, 1.54) is 4.90 Å². The van der Waals surface area contributed by atoms with Crippen molar-refractivity contribution < 1.29 is 9.59 Å². The first-order chi connectivity index (χ1) is 7.66. The third-order valence-corrected chi connectivity index (χ3v) is 2.90. The average Bonchev–Trinajstić information content (AvgIpc) is 2.59. The van der Waals surface area contributed by atoms with Crippen LogP contribution in [0.2, 0.25) is 0 Å². The number of carbonyl (C=O) groups is 2. The first-order valence-electron chi connectivity index (χ1n) is 4.95. The SMILES string of the molecule is O=C1CCC(=O)N1/C=C/c1ccc(Br)cc1. The second-order valence-electron chi connectivity index (χ2n) is 3.52. The van der Waals surface area contributed by atoms with Crippen molar-refractivity contribution in [3.8, 4) is 0 Å². The Balaban J connectivity index is 2.12. The second kappa shape index (κ2) is 4.61. The van der Waals surface area contributed by atoms with Gasteiger partial charge in [0, 0.05) is 23.5 Å². The van der Waals surface area contributed by atoms with Gasteiger partial charge in [0.2, 0.25) is 11.8 Å². The summed E-state index contributed by atoms with van der Waals surface area (Å²) in [6, 6.07) is 7.64. The van der Waals surface area contributed by atoms with Crippen molar-refractivity contribution in [2.75, 3.05) is 0 Å². The van der Waals surface area contributed by atoms with E-state index in [0.717, 1.165) is 10.0 Å². The topological polar surface area (TPSA) is 37.4 Å². The minimum Gasteiger partial charge on any atom is -0.274 e. The number of carbonyl (C=O) groups excluding carboxylic acids is 2. The molecule has 1 heterocycles. The summed E-state index contributed by atoms with van der Waals surface area (Å²) in [6.07, 6.45) is 3.95. The molecule has 1 aliphatic rings. The zero-order chi connectivity index (χ0) is 11.5. The molecule has 1 aromatic rings. The first-order valence-corrected chi connectivity index (χ1v) is 5.75. The molecule has 1 aromatic carbocycles. The second-order valence-corrected chi connectivity index (χ2v) is 4.44. The van der Waals surface area contributed by atoms with Gasteiger partial charge in [0.1, 0.15) is 0 Å². The van der Waals surface area contributed by atoms with E-state index < -0.39 is 0 Å². The van der Waals surface area contributed by atoms with E-state index in [2.05, 4.69) is 15.9 Å². The molecule has 82 valence electrons. The van der Waals surface area contributed by atoms with Crippen LogP contribution in [0.3, 0.4) is 0 Å².